The van der Waals surface area contributed by atoms with Crippen molar-refractivity contribution >= 4 is 22.9 Å². The summed E-state index contributed by atoms with van der Waals surface area (Å²) in [6.07, 6.45) is 7.60. The van der Waals surface area contributed by atoms with Crippen molar-refractivity contribution in [1.82, 2.24) is 9.55 Å². The second-order valence-electron chi connectivity index (χ2n) is 6.63. The first-order chi connectivity index (χ1) is 11.7. The molecule has 1 fully saturated rings. The Hall–Kier alpha value is -2.06. The highest BCUT2D eigenvalue weighted by Gasteiger charge is 2.27. The summed E-state index contributed by atoms with van der Waals surface area (Å²) in [5.41, 5.74) is 3.06. The van der Waals surface area contributed by atoms with Crippen LogP contribution < -0.4 is 10.7 Å². The highest BCUT2D eigenvalue weighted by molar-refractivity contribution is 7.97. The molecule has 2 heterocycles. The Balaban J connectivity index is 0.00000121. The molecular weight excluding hydrogens is 350 g/mol. The quantitative estimate of drug-likeness (QED) is 0.683. The Morgan fingerprint density at radius 2 is 1.88 bits per heavy atom. The third-order valence-electron chi connectivity index (χ3n) is 5.23. The second-order valence-corrected chi connectivity index (χ2v) is 7.34. The summed E-state index contributed by atoms with van der Waals surface area (Å²) in [6.45, 7) is 2.31. The summed E-state index contributed by atoms with van der Waals surface area (Å²) in [5.74, 6) is 0.642. The predicted octanol–water partition coefficient (Wildman–Crippen LogP) is 2.67. The lowest BCUT2D eigenvalue weighted by atomic mass is 10.1. The van der Waals surface area contributed by atoms with E-state index in [1.165, 1.54) is 31.2 Å². The van der Waals surface area contributed by atoms with E-state index in [1.807, 2.05) is 30.3 Å². The largest absolute Gasteiger partial charge is 0.412 e. The standard InChI is InChI=1S/C19H21N3OS.2H2O/c1-12-3-2-4-16(12)22-11-15(13-5-7-14(24-20)8-6-13)18-17(22)9-10-21-19(18)23;;/h5-12,16H,2-4,20H2,1H3,(H,21,23);2*1H2/t12-,16?;;/m0../s1. The van der Waals surface area contributed by atoms with Gasteiger partial charge in [-0.05, 0) is 54.5 Å². The predicted molar refractivity (Wildman–Crippen MR) is 107 cm³/mol. The first kappa shape index (κ1) is 20.3. The zero-order chi connectivity index (χ0) is 16.7. The maximum Gasteiger partial charge on any atom is 0.258 e. The van der Waals surface area contributed by atoms with Crippen LogP contribution in [0, 0.1) is 5.92 Å². The van der Waals surface area contributed by atoms with Crippen molar-refractivity contribution in [3.8, 4) is 11.1 Å². The van der Waals surface area contributed by atoms with Gasteiger partial charge in [0.2, 0.25) is 0 Å². The molecule has 2 atom stereocenters. The third-order valence-corrected chi connectivity index (χ3v) is 5.77. The first-order valence-electron chi connectivity index (χ1n) is 8.38. The molecule has 26 heavy (non-hydrogen) atoms. The molecule has 6 nitrogen and oxygen atoms in total. The molecule has 1 aromatic carbocycles. The number of nitrogens with two attached hydrogens (primary N) is 1. The average Bonchev–Trinajstić information content (AvgIpc) is 3.19. The number of rotatable bonds is 3. The van der Waals surface area contributed by atoms with Crippen LogP contribution in [0.1, 0.15) is 32.2 Å². The highest BCUT2D eigenvalue weighted by Crippen LogP contribution is 2.39. The van der Waals surface area contributed by atoms with Gasteiger partial charge in [-0.2, -0.15) is 0 Å². The van der Waals surface area contributed by atoms with Crippen molar-refractivity contribution in [2.24, 2.45) is 11.1 Å². The van der Waals surface area contributed by atoms with E-state index in [2.05, 4.69) is 22.7 Å². The molecule has 7 N–H and O–H groups in total. The van der Waals surface area contributed by atoms with Crippen LogP contribution in [0.5, 0.6) is 0 Å². The maximum atomic E-state index is 12.5. The van der Waals surface area contributed by atoms with Crippen molar-refractivity contribution in [3.05, 3.63) is 53.1 Å². The molecule has 1 unspecified atom stereocenters. The minimum atomic E-state index is -0.0239. The average molecular weight is 375 g/mol. The topological polar surface area (TPSA) is 127 Å². The zero-order valence-electron chi connectivity index (χ0n) is 14.7. The van der Waals surface area contributed by atoms with Crippen LogP contribution >= 0.6 is 11.9 Å². The lowest BCUT2D eigenvalue weighted by Crippen LogP contribution is -2.11. The van der Waals surface area contributed by atoms with E-state index in [0.717, 1.165) is 26.9 Å². The SMILES string of the molecule is C[C@H]1CCCC1n1cc(-c2ccc(SN)cc2)c2c(=O)[nH]ccc21.O.O. The van der Waals surface area contributed by atoms with Gasteiger partial charge in [-0.3, -0.25) is 9.93 Å². The van der Waals surface area contributed by atoms with Gasteiger partial charge in [-0.1, -0.05) is 25.5 Å². The van der Waals surface area contributed by atoms with Gasteiger partial charge in [-0.15, -0.1) is 0 Å². The number of H-pyrrole nitrogens is 1. The van der Waals surface area contributed by atoms with Crippen LogP contribution in [0.3, 0.4) is 0 Å². The summed E-state index contributed by atoms with van der Waals surface area (Å²) < 4.78 is 2.32. The number of aromatic nitrogens is 2. The molecule has 0 spiro atoms. The van der Waals surface area contributed by atoms with Gasteiger partial charge >= 0.3 is 0 Å². The van der Waals surface area contributed by atoms with Gasteiger partial charge in [0.1, 0.15) is 0 Å². The second kappa shape index (κ2) is 8.09. The normalized spacial score (nSPS) is 19.2. The molecular formula is C19H25N3O3S. The lowest BCUT2D eigenvalue weighted by Gasteiger charge is -2.18. The zero-order valence-corrected chi connectivity index (χ0v) is 15.5. The van der Waals surface area contributed by atoms with E-state index in [4.69, 9.17) is 5.14 Å². The van der Waals surface area contributed by atoms with Gasteiger partial charge in [-0.25, -0.2) is 0 Å². The molecule has 7 heteroatoms. The molecule has 0 amide bonds. The fourth-order valence-corrected chi connectivity index (χ4v) is 4.26. The minimum absolute atomic E-state index is 0. The molecule has 0 radical (unpaired) electrons. The molecule has 0 saturated heterocycles. The van der Waals surface area contributed by atoms with E-state index >= 15 is 0 Å². The molecule has 1 aliphatic carbocycles. The monoisotopic (exact) mass is 375 g/mol. The van der Waals surface area contributed by atoms with Crippen LogP contribution in [0.4, 0.5) is 0 Å². The number of hydrogen-bond acceptors (Lipinski definition) is 3. The van der Waals surface area contributed by atoms with Gasteiger partial charge in [0.25, 0.3) is 5.56 Å². The fourth-order valence-electron chi connectivity index (χ4n) is 3.96. The van der Waals surface area contributed by atoms with Crippen LogP contribution in [0.15, 0.2) is 52.4 Å². The van der Waals surface area contributed by atoms with Crippen LogP contribution in [0.2, 0.25) is 0 Å². The fraction of sp³-hybridized carbons (Fsp3) is 0.316. The van der Waals surface area contributed by atoms with E-state index in [0.29, 0.717) is 12.0 Å². The van der Waals surface area contributed by atoms with Gasteiger partial charge in [0, 0.05) is 28.9 Å². The van der Waals surface area contributed by atoms with Crippen LogP contribution in [0.25, 0.3) is 22.0 Å². The van der Waals surface area contributed by atoms with E-state index < -0.39 is 0 Å². The number of nitrogens with one attached hydrogen (secondary N) is 1. The number of nitrogens with zero attached hydrogens (tertiary/aromatic N) is 1. The molecule has 0 aliphatic heterocycles. The number of aromatic amines is 1. The number of fused-ring (bicyclic) bond motifs is 1. The summed E-state index contributed by atoms with van der Waals surface area (Å²) in [4.78, 5) is 16.4. The van der Waals surface area contributed by atoms with Crippen molar-refractivity contribution < 1.29 is 11.0 Å². The Bertz CT molecular complexity index is 933. The van der Waals surface area contributed by atoms with Gasteiger partial charge in [0.15, 0.2) is 0 Å². The molecule has 3 aromatic rings. The Morgan fingerprint density at radius 1 is 1.15 bits per heavy atom. The molecule has 1 aliphatic rings. The Labute approximate surface area is 156 Å². The van der Waals surface area contributed by atoms with Crippen molar-refractivity contribution in [2.45, 2.75) is 37.1 Å². The van der Waals surface area contributed by atoms with Crippen molar-refractivity contribution in [2.75, 3.05) is 0 Å². The van der Waals surface area contributed by atoms with Gasteiger partial charge < -0.3 is 20.5 Å². The van der Waals surface area contributed by atoms with Gasteiger partial charge in [0.05, 0.1) is 10.9 Å². The molecule has 0 bridgehead atoms. The van der Waals surface area contributed by atoms with E-state index in [-0.39, 0.29) is 16.5 Å². The van der Waals surface area contributed by atoms with Crippen molar-refractivity contribution in [3.63, 3.8) is 0 Å². The smallest absolute Gasteiger partial charge is 0.258 e. The Kier molecular flexibility index (Phi) is 6.30. The first-order valence-corrected chi connectivity index (χ1v) is 9.26. The summed E-state index contributed by atoms with van der Waals surface area (Å²) in [5, 5.41) is 6.40. The summed E-state index contributed by atoms with van der Waals surface area (Å²) in [6, 6.07) is 10.6. The van der Waals surface area contributed by atoms with Crippen molar-refractivity contribution in [1.29, 1.82) is 0 Å². The maximum absolute atomic E-state index is 12.5. The van der Waals surface area contributed by atoms with Crippen LogP contribution in [-0.4, -0.2) is 20.5 Å². The number of benzene rings is 1. The summed E-state index contributed by atoms with van der Waals surface area (Å²) >= 11 is 1.23. The molecule has 4 rings (SSSR count). The van der Waals surface area contributed by atoms with Crippen LogP contribution in [-0.2, 0) is 0 Å². The molecule has 140 valence electrons. The highest BCUT2D eigenvalue weighted by atomic mass is 32.2. The van der Waals surface area contributed by atoms with E-state index in [1.54, 1.807) is 6.20 Å². The number of hydrogen-bond donors (Lipinski definition) is 2. The number of pyridine rings is 1. The molecule has 1 saturated carbocycles. The van der Waals surface area contributed by atoms with E-state index in [9.17, 15) is 4.79 Å². The molecule has 2 aromatic heterocycles. The summed E-state index contributed by atoms with van der Waals surface area (Å²) in [7, 11) is 0. The third kappa shape index (κ3) is 3.31. The minimum Gasteiger partial charge on any atom is -0.412 e. The Morgan fingerprint density at radius 3 is 2.50 bits per heavy atom. The lowest BCUT2D eigenvalue weighted by molar-refractivity contribution is 0.418.